The van der Waals surface area contributed by atoms with Crippen molar-refractivity contribution in [3.8, 4) is 22.6 Å². The Labute approximate surface area is 192 Å². The highest BCUT2D eigenvalue weighted by atomic mass is 32.1. The molecule has 3 aromatic rings. The number of hydrogen-bond acceptors (Lipinski definition) is 6. The van der Waals surface area contributed by atoms with Gasteiger partial charge in [0.15, 0.2) is 6.61 Å². The predicted molar refractivity (Wildman–Crippen MR) is 127 cm³/mol. The Bertz CT molecular complexity index is 1090. The Morgan fingerprint density at radius 1 is 1.03 bits per heavy atom. The van der Waals surface area contributed by atoms with Crippen LogP contribution in [0.1, 0.15) is 34.8 Å². The van der Waals surface area contributed by atoms with Crippen molar-refractivity contribution >= 4 is 28.2 Å². The summed E-state index contributed by atoms with van der Waals surface area (Å²) in [7, 11) is 1.32. The average molecular weight is 454 g/mol. The standard InChI is InChI=1S/C25H27NO5S/c1-5-12-30-19-10-8-18(9-11-19)20-15-32-24(23(20)25(28)29-4)26-22(27)14-31-21-13-16(2)6-7-17(21)3/h6-11,13,15H,5,12,14H2,1-4H3,(H,26,27). The Morgan fingerprint density at radius 3 is 2.47 bits per heavy atom. The molecule has 0 saturated heterocycles. The van der Waals surface area contributed by atoms with Gasteiger partial charge in [0.25, 0.3) is 5.91 Å². The number of thiophene rings is 1. The van der Waals surface area contributed by atoms with E-state index in [1.54, 1.807) is 0 Å². The summed E-state index contributed by atoms with van der Waals surface area (Å²) in [5, 5.41) is 5.04. The molecule has 1 amide bonds. The summed E-state index contributed by atoms with van der Waals surface area (Å²) in [5.74, 6) is 0.555. The van der Waals surface area contributed by atoms with Gasteiger partial charge in [0, 0.05) is 10.9 Å². The van der Waals surface area contributed by atoms with Crippen LogP contribution in [0.3, 0.4) is 0 Å². The van der Waals surface area contributed by atoms with Crippen LogP contribution in [-0.2, 0) is 9.53 Å². The summed E-state index contributed by atoms with van der Waals surface area (Å²) >= 11 is 1.27. The first kappa shape index (κ1) is 23.3. The fourth-order valence-electron chi connectivity index (χ4n) is 3.09. The van der Waals surface area contributed by atoms with E-state index in [-0.39, 0.29) is 12.5 Å². The molecule has 0 aliphatic carbocycles. The van der Waals surface area contributed by atoms with Crippen molar-refractivity contribution in [2.24, 2.45) is 0 Å². The van der Waals surface area contributed by atoms with Crippen LogP contribution in [0, 0.1) is 13.8 Å². The van der Waals surface area contributed by atoms with Gasteiger partial charge in [-0.3, -0.25) is 4.79 Å². The Morgan fingerprint density at radius 2 is 1.78 bits per heavy atom. The SMILES string of the molecule is CCCOc1ccc(-c2csc(NC(=O)COc3cc(C)ccc3C)c2C(=O)OC)cc1. The summed E-state index contributed by atoms with van der Waals surface area (Å²) in [6.45, 7) is 6.41. The lowest BCUT2D eigenvalue weighted by Gasteiger charge is -2.11. The quantitative estimate of drug-likeness (QED) is 0.425. The number of rotatable bonds is 9. The third kappa shape index (κ3) is 5.68. The fraction of sp³-hybridized carbons (Fsp3) is 0.280. The molecular formula is C25H27NO5S. The first-order chi connectivity index (χ1) is 15.4. The van der Waals surface area contributed by atoms with E-state index in [0.717, 1.165) is 28.9 Å². The number of hydrogen-bond donors (Lipinski definition) is 1. The largest absolute Gasteiger partial charge is 0.494 e. The summed E-state index contributed by atoms with van der Waals surface area (Å²) in [6, 6.07) is 13.3. The number of ether oxygens (including phenoxy) is 3. The lowest BCUT2D eigenvalue weighted by molar-refractivity contribution is -0.118. The Hall–Kier alpha value is -3.32. The van der Waals surface area contributed by atoms with Gasteiger partial charge in [-0.25, -0.2) is 4.79 Å². The minimum atomic E-state index is -0.515. The normalized spacial score (nSPS) is 10.5. The van der Waals surface area contributed by atoms with Crippen molar-refractivity contribution in [2.45, 2.75) is 27.2 Å². The maximum absolute atomic E-state index is 12.5. The molecule has 0 fully saturated rings. The van der Waals surface area contributed by atoms with Gasteiger partial charge in [0.2, 0.25) is 0 Å². The van der Waals surface area contributed by atoms with Crippen molar-refractivity contribution in [2.75, 3.05) is 25.6 Å². The third-order valence-electron chi connectivity index (χ3n) is 4.77. The summed E-state index contributed by atoms with van der Waals surface area (Å²) in [4.78, 5) is 25.1. The number of benzene rings is 2. The number of anilines is 1. The zero-order valence-electron chi connectivity index (χ0n) is 18.7. The monoisotopic (exact) mass is 453 g/mol. The molecule has 0 atom stereocenters. The molecule has 0 bridgehead atoms. The molecule has 0 aliphatic heterocycles. The van der Waals surface area contributed by atoms with E-state index in [4.69, 9.17) is 14.2 Å². The van der Waals surface area contributed by atoms with E-state index in [1.807, 2.05) is 68.6 Å². The number of esters is 1. The molecule has 6 nitrogen and oxygen atoms in total. The fourth-order valence-corrected chi connectivity index (χ4v) is 4.06. The topological polar surface area (TPSA) is 73.9 Å². The molecular weight excluding hydrogens is 426 g/mol. The van der Waals surface area contributed by atoms with Gasteiger partial charge in [0.1, 0.15) is 22.1 Å². The number of nitrogens with one attached hydrogen (secondary N) is 1. The second-order valence-electron chi connectivity index (χ2n) is 7.32. The van der Waals surface area contributed by atoms with Crippen molar-refractivity contribution in [1.82, 2.24) is 0 Å². The van der Waals surface area contributed by atoms with Crippen molar-refractivity contribution in [3.05, 3.63) is 64.5 Å². The molecule has 0 spiro atoms. The lowest BCUT2D eigenvalue weighted by atomic mass is 10.0. The molecule has 1 aromatic heterocycles. The number of carbonyl (C=O) groups is 2. The molecule has 2 aromatic carbocycles. The number of carbonyl (C=O) groups excluding carboxylic acids is 2. The van der Waals surface area contributed by atoms with E-state index >= 15 is 0 Å². The smallest absolute Gasteiger partial charge is 0.341 e. The Balaban J connectivity index is 1.77. The molecule has 32 heavy (non-hydrogen) atoms. The van der Waals surface area contributed by atoms with Gasteiger partial charge in [-0.1, -0.05) is 31.2 Å². The van der Waals surface area contributed by atoms with Crippen molar-refractivity contribution < 1.29 is 23.8 Å². The van der Waals surface area contributed by atoms with E-state index in [0.29, 0.717) is 28.5 Å². The Kier molecular flexibility index (Phi) is 7.89. The first-order valence-electron chi connectivity index (χ1n) is 10.4. The van der Waals surface area contributed by atoms with Gasteiger partial charge in [0.05, 0.1) is 13.7 Å². The molecule has 3 rings (SSSR count). The van der Waals surface area contributed by atoms with E-state index < -0.39 is 5.97 Å². The molecule has 0 unspecified atom stereocenters. The van der Waals surface area contributed by atoms with Crippen molar-refractivity contribution in [3.63, 3.8) is 0 Å². The second kappa shape index (κ2) is 10.8. The molecule has 1 N–H and O–H groups in total. The van der Waals surface area contributed by atoms with Gasteiger partial charge in [-0.15, -0.1) is 11.3 Å². The molecule has 1 heterocycles. The summed E-state index contributed by atoms with van der Waals surface area (Å²) < 4.78 is 16.3. The van der Waals surface area contributed by atoms with Crippen LogP contribution in [0.2, 0.25) is 0 Å². The minimum absolute atomic E-state index is 0.165. The molecule has 168 valence electrons. The minimum Gasteiger partial charge on any atom is -0.494 e. The van der Waals surface area contributed by atoms with Crippen molar-refractivity contribution in [1.29, 1.82) is 0 Å². The van der Waals surface area contributed by atoms with Crippen LogP contribution in [0.15, 0.2) is 47.8 Å². The van der Waals surface area contributed by atoms with Crippen LogP contribution in [-0.4, -0.2) is 32.2 Å². The predicted octanol–water partition coefficient (Wildman–Crippen LogP) is 5.62. The molecule has 7 heteroatoms. The number of amides is 1. The summed E-state index contributed by atoms with van der Waals surface area (Å²) in [5.41, 5.74) is 3.84. The zero-order valence-corrected chi connectivity index (χ0v) is 19.5. The lowest BCUT2D eigenvalue weighted by Crippen LogP contribution is -2.21. The third-order valence-corrected chi connectivity index (χ3v) is 5.67. The summed E-state index contributed by atoms with van der Waals surface area (Å²) in [6.07, 6.45) is 0.926. The van der Waals surface area contributed by atoms with Gasteiger partial charge >= 0.3 is 5.97 Å². The van der Waals surface area contributed by atoms with E-state index in [1.165, 1.54) is 18.4 Å². The number of aryl methyl sites for hydroxylation is 2. The average Bonchev–Trinajstić information content (AvgIpc) is 3.21. The van der Waals surface area contributed by atoms with Crippen LogP contribution in [0.4, 0.5) is 5.00 Å². The highest BCUT2D eigenvalue weighted by molar-refractivity contribution is 7.15. The van der Waals surface area contributed by atoms with Gasteiger partial charge in [-0.05, 0) is 55.2 Å². The first-order valence-corrected chi connectivity index (χ1v) is 11.2. The van der Waals surface area contributed by atoms with Crippen LogP contribution >= 0.6 is 11.3 Å². The van der Waals surface area contributed by atoms with Crippen LogP contribution < -0.4 is 14.8 Å². The molecule has 0 aliphatic rings. The second-order valence-corrected chi connectivity index (χ2v) is 8.20. The van der Waals surface area contributed by atoms with E-state index in [2.05, 4.69) is 5.32 Å². The highest BCUT2D eigenvalue weighted by Crippen LogP contribution is 2.36. The highest BCUT2D eigenvalue weighted by Gasteiger charge is 2.22. The maximum Gasteiger partial charge on any atom is 0.341 e. The molecule has 0 saturated carbocycles. The zero-order chi connectivity index (χ0) is 23.1. The van der Waals surface area contributed by atoms with Crippen LogP contribution in [0.25, 0.3) is 11.1 Å². The van der Waals surface area contributed by atoms with Crippen LogP contribution in [0.5, 0.6) is 11.5 Å². The van der Waals surface area contributed by atoms with E-state index in [9.17, 15) is 9.59 Å². The van der Waals surface area contributed by atoms with Gasteiger partial charge < -0.3 is 19.5 Å². The molecule has 0 radical (unpaired) electrons. The van der Waals surface area contributed by atoms with Gasteiger partial charge in [-0.2, -0.15) is 0 Å². The maximum atomic E-state index is 12.5. The number of methoxy groups -OCH3 is 1.